The molecule has 100 valence electrons. The van der Waals surface area contributed by atoms with Crippen LogP contribution in [0.25, 0.3) is 0 Å². The van der Waals surface area contributed by atoms with Gasteiger partial charge in [-0.15, -0.1) is 0 Å². The average molecular weight is 297 g/mol. The van der Waals surface area contributed by atoms with Crippen LogP contribution in [-0.2, 0) is 9.22 Å². The Morgan fingerprint density at radius 3 is 2.22 bits per heavy atom. The van der Waals surface area contributed by atoms with Crippen molar-refractivity contribution in [1.82, 2.24) is 0 Å². The fourth-order valence-electron chi connectivity index (χ4n) is 2.75. The standard InChI is InChI=1S/C13H24O2Si3/c1-8-17(5,6)18(7)11-9-10(14)12(13(11)18)15-16(2,3)4/h9H,8H2,1-7H3. The zero-order chi connectivity index (χ0) is 13.9. The van der Waals surface area contributed by atoms with Crippen molar-refractivity contribution in [2.75, 3.05) is 0 Å². The third-order valence-electron chi connectivity index (χ3n) is 4.62. The van der Waals surface area contributed by atoms with E-state index in [0.29, 0.717) is 0 Å². The first-order chi connectivity index (χ1) is 8.04. The Kier molecular flexibility index (Phi) is 2.96. The number of carbonyl (C=O) groups is 1. The molecular formula is C13H24O2Si3. The number of fused-ring (bicyclic) bond motifs is 1. The third kappa shape index (κ3) is 1.83. The summed E-state index contributed by atoms with van der Waals surface area (Å²) in [4.78, 5) is 12.0. The molecular weight excluding hydrogens is 272 g/mol. The first-order valence-electron chi connectivity index (χ1n) is 6.75. The van der Waals surface area contributed by atoms with Gasteiger partial charge in [-0.1, -0.05) is 32.6 Å². The van der Waals surface area contributed by atoms with Crippen molar-refractivity contribution in [3.8, 4) is 0 Å². The maximum absolute atomic E-state index is 12.0. The number of hydrogen-bond acceptors (Lipinski definition) is 2. The maximum Gasteiger partial charge on any atom is 0.242 e. The van der Waals surface area contributed by atoms with Crippen molar-refractivity contribution < 1.29 is 9.22 Å². The molecule has 0 bridgehead atoms. The topological polar surface area (TPSA) is 26.3 Å². The summed E-state index contributed by atoms with van der Waals surface area (Å²) in [5, 5.41) is 2.80. The molecule has 1 heterocycles. The summed E-state index contributed by atoms with van der Waals surface area (Å²) < 4.78 is 6.07. The summed E-state index contributed by atoms with van der Waals surface area (Å²) >= 11 is 0. The molecule has 1 unspecified atom stereocenters. The van der Waals surface area contributed by atoms with Crippen LogP contribution >= 0.6 is 0 Å². The van der Waals surface area contributed by atoms with Gasteiger partial charge in [-0.3, -0.25) is 4.79 Å². The Morgan fingerprint density at radius 2 is 1.78 bits per heavy atom. The van der Waals surface area contributed by atoms with Gasteiger partial charge in [0.25, 0.3) is 0 Å². The van der Waals surface area contributed by atoms with Gasteiger partial charge in [-0.2, -0.15) is 0 Å². The lowest BCUT2D eigenvalue weighted by Gasteiger charge is -2.28. The Labute approximate surface area is 113 Å². The van der Waals surface area contributed by atoms with Crippen molar-refractivity contribution >= 4 is 29.3 Å². The predicted molar refractivity (Wildman–Crippen MR) is 84.1 cm³/mol. The zero-order valence-corrected chi connectivity index (χ0v) is 15.6. The number of allylic oxidation sites excluding steroid dienone is 3. The van der Waals surface area contributed by atoms with Gasteiger partial charge in [-0.05, 0) is 36.1 Å². The van der Waals surface area contributed by atoms with E-state index in [2.05, 4.69) is 46.2 Å². The van der Waals surface area contributed by atoms with E-state index in [4.69, 9.17) is 4.43 Å². The molecule has 0 spiro atoms. The largest absolute Gasteiger partial charge is 0.542 e. The van der Waals surface area contributed by atoms with Crippen LogP contribution < -0.4 is 0 Å². The molecule has 0 aromatic heterocycles. The van der Waals surface area contributed by atoms with Gasteiger partial charge in [0.15, 0.2) is 5.76 Å². The normalized spacial score (nSPS) is 27.3. The first-order valence-corrected chi connectivity index (χ1v) is 16.9. The minimum atomic E-state index is -1.69. The number of hydrogen-bond donors (Lipinski definition) is 0. The monoisotopic (exact) mass is 296 g/mol. The minimum absolute atomic E-state index is 0.133. The van der Waals surface area contributed by atoms with Gasteiger partial charge >= 0.3 is 0 Å². The first kappa shape index (κ1) is 14.0. The lowest BCUT2D eigenvalue weighted by molar-refractivity contribution is -0.113. The van der Waals surface area contributed by atoms with Crippen LogP contribution in [0, 0.1) is 0 Å². The second-order valence-corrected chi connectivity index (χ2v) is 26.5. The Bertz CT molecular complexity index is 483. The smallest absolute Gasteiger partial charge is 0.242 e. The van der Waals surface area contributed by atoms with Gasteiger partial charge in [0, 0.05) is 0 Å². The molecule has 1 saturated heterocycles. The van der Waals surface area contributed by atoms with Gasteiger partial charge in [0.2, 0.25) is 14.1 Å². The third-order valence-corrected chi connectivity index (χ3v) is 23.4. The summed E-state index contributed by atoms with van der Waals surface area (Å²) in [7, 11) is -4.33. The molecule has 0 saturated carbocycles. The van der Waals surface area contributed by atoms with E-state index >= 15 is 0 Å². The van der Waals surface area contributed by atoms with E-state index in [-0.39, 0.29) is 5.78 Å². The van der Waals surface area contributed by atoms with E-state index in [9.17, 15) is 4.79 Å². The summed E-state index contributed by atoms with van der Waals surface area (Å²) in [5.74, 6) is 0.876. The van der Waals surface area contributed by atoms with Gasteiger partial charge in [0.05, 0.1) is 7.59 Å². The molecule has 1 atom stereocenters. The second-order valence-electron chi connectivity index (χ2n) is 7.20. The molecule has 0 amide bonds. The molecule has 2 rings (SSSR count). The Balaban J connectivity index is 2.39. The predicted octanol–water partition coefficient (Wildman–Crippen LogP) is 3.58. The fourth-order valence-corrected chi connectivity index (χ4v) is 16.2. The van der Waals surface area contributed by atoms with E-state index in [1.165, 1.54) is 16.4 Å². The van der Waals surface area contributed by atoms with Crippen LogP contribution in [0.1, 0.15) is 6.92 Å². The van der Waals surface area contributed by atoms with Crippen LogP contribution in [0.5, 0.6) is 0 Å². The van der Waals surface area contributed by atoms with Crippen LogP contribution in [0.2, 0.25) is 45.3 Å². The minimum Gasteiger partial charge on any atom is -0.542 e. The molecule has 18 heavy (non-hydrogen) atoms. The number of rotatable bonds is 4. The molecule has 0 radical (unpaired) electrons. The Morgan fingerprint density at radius 1 is 1.22 bits per heavy atom. The van der Waals surface area contributed by atoms with E-state index in [1.807, 2.05) is 6.08 Å². The summed E-state index contributed by atoms with van der Waals surface area (Å²) in [6.45, 7) is 16.1. The highest BCUT2D eigenvalue weighted by molar-refractivity contribution is 7.53. The molecule has 5 heteroatoms. The average Bonchev–Trinajstić information content (AvgIpc) is 2.66. The molecule has 1 aliphatic heterocycles. The highest BCUT2D eigenvalue weighted by atomic mass is 29.3. The molecule has 1 aliphatic carbocycles. The van der Waals surface area contributed by atoms with Crippen LogP contribution in [0.4, 0.5) is 0 Å². The lowest BCUT2D eigenvalue weighted by Crippen LogP contribution is -2.47. The highest BCUT2D eigenvalue weighted by Crippen LogP contribution is 2.58. The SMILES string of the molecule is CC[Si](C)(C)[Si]1(C)C2=CC(=O)C(O[Si](C)(C)C)=C21. The Hall–Kier alpha value is -0.399. The maximum atomic E-state index is 12.0. The van der Waals surface area contributed by atoms with Gasteiger partial charge < -0.3 is 4.43 Å². The molecule has 0 aromatic rings. The van der Waals surface area contributed by atoms with Crippen molar-refractivity contribution in [2.45, 2.75) is 52.2 Å². The summed E-state index contributed by atoms with van der Waals surface area (Å²) in [6, 6.07) is 1.30. The molecule has 0 aromatic carbocycles. The highest BCUT2D eigenvalue weighted by Gasteiger charge is 2.66. The van der Waals surface area contributed by atoms with Crippen LogP contribution in [0.15, 0.2) is 22.2 Å². The molecule has 1 fully saturated rings. The van der Waals surface area contributed by atoms with Crippen molar-refractivity contribution in [1.29, 1.82) is 0 Å². The van der Waals surface area contributed by atoms with E-state index in [1.54, 1.807) is 0 Å². The fraction of sp³-hybridized carbons (Fsp3) is 0.615. The van der Waals surface area contributed by atoms with Crippen molar-refractivity contribution in [2.24, 2.45) is 0 Å². The van der Waals surface area contributed by atoms with Crippen LogP contribution in [-0.4, -0.2) is 29.3 Å². The molecule has 2 aliphatic rings. The molecule has 0 N–H and O–H groups in total. The number of ketones is 1. The quantitative estimate of drug-likeness (QED) is 0.741. The van der Waals surface area contributed by atoms with Crippen LogP contribution in [0.3, 0.4) is 0 Å². The number of carbonyl (C=O) groups excluding carboxylic acids is 1. The van der Waals surface area contributed by atoms with Gasteiger partial charge in [0.1, 0.15) is 7.59 Å². The van der Waals surface area contributed by atoms with E-state index in [0.717, 1.165) is 5.76 Å². The van der Waals surface area contributed by atoms with Crippen molar-refractivity contribution in [3.63, 3.8) is 0 Å². The molecule has 2 nitrogen and oxygen atoms in total. The van der Waals surface area contributed by atoms with Gasteiger partial charge in [-0.25, -0.2) is 0 Å². The van der Waals surface area contributed by atoms with E-state index < -0.39 is 23.5 Å². The van der Waals surface area contributed by atoms with Crippen molar-refractivity contribution in [3.05, 3.63) is 22.2 Å². The zero-order valence-electron chi connectivity index (χ0n) is 12.6. The summed E-state index contributed by atoms with van der Waals surface area (Å²) in [5.41, 5.74) is 0. The lowest BCUT2D eigenvalue weighted by atomic mass is 10.4. The second kappa shape index (κ2) is 3.80. The summed E-state index contributed by atoms with van der Waals surface area (Å²) in [6.07, 6.45) is 1.89.